The van der Waals surface area contributed by atoms with Gasteiger partial charge in [-0.2, -0.15) is 0 Å². The van der Waals surface area contributed by atoms with Gasteiger partial charge in [-0.25, -0.2) is 0 Å². The standard InChI is InChI=1S/C33H45BrN2O6/c1-8-15-35(32(6,7)20-31(3,4)5)29(39)27-33-18-23(34)26(42-33)24(30(40)41-16-9-2)25(33)28(38)36(27)22(19-37)17-21-13-11-10-12-14-21/h8-14,22-27,37H,1-2,15-20H2,3-7H3/t22-,23?,24-,25+,26-,27?,33?/m1/s1. The molecule has 3 saturated heterocycles. The predicted molar refractivity (Wildman–Crippen MR) is 165 cm³/mol. The first-order chi connectivity index (χ1) is 19.7. The van der Waals surface area contributed by atoms with E-state index >= 15 is 0 Å². The van der Waals surface area contributed by atoms with E-state index in [-0.39, 0.29) is 41.8 Å². The van der Waals surface area contributed by atoms with Gasteiger partial charge in [0, 0.05) is 16.9 Å². The molecule has 1 spiro atoms. The van der Waals surface area contributed by atoms with Crippen molar-refractivity contribution in [3.63, 3.8) is 0 Å². The van der Waals surface area contributed by atoms with E-state index in [9.17, 15) is 19.5 Å². The molecule has 0 aliphatic carbocycles. The number of aliphatic hydroxyl groups is 1. The molecule has 1 aromatic rings. The lowest BCUT2D eigenvalue weighted by Crippen LogP contribution is -2.63. The molecule has 3 heterocycles. The number of halogens is 1. The fraction of sp³-hybridized carbons (Fsp3) is 0.606. The van der Waals surface area contributed by atoms with E-state index in [0.29, 0.717) is 19.3 Å². The third-order valence-electron chi connectivity index (χ3n) is 8.77. The molecule has 3 unspecified atom stereocenters. The molecular formula is C33H45BrN2O6. The van der Waals surface area contributed by atoms with Gasteiger partial charge in [-0.3, -0.25) is 14.4 Å². The third-order valence-corrected chi connectivity index (χ3v) is 9.61. The quantitative estimate of drug-likeness (QED) is 0.207. The van der Waals surface area contributed by atoms with Gasteiger partial charge in [0.1, 0.15) is 18.2 Å². The second kappa shape index (κ2) is 12.2. The lowest BCUT2D eigenvalue weighted by atomic mass is 9.70. The Morgan fingerprint density at radius 2 is 1.88 bits per heavy atom. The first-order valence-corrected chi connectivity index (χ1v) is 15.6. The maximum absolute atomic E-state index is 15.0. The van der Waals surface area contributed by atoms with Crippen LogP contribution in [0.4, 0.5) is 0 Å². The molecule has 3 aliphatic rings. The Hall–Kier alpha value is -2.49. The van der Waals surface area contributed by atoms with Gasteiger partial charge in [-0.05, 0) is 44.1 Å². The highest BCUT2D eigenvalue weighted by Gasteiger charge is 2.77. The monoisotopic (exact) mass is 644 g/mol. The number of alkyl halides is 1. The second-order valence-corrected chi connectivity index (χ2v) is 14.8. The molecule has 0 aromatic heterocycles. The summed E-state index contributed by atoms with van der Waals surface area (Å²) in [5.41, 5.74) is -1.01. The number of ether oxygens (including phenoxy) is 2. The topological polar surface area (TPSA) is 96.4 Å². The van der Waals surface area contributed by atoms with Crippen LogP contribution < -0.4 is 0 Å². The fourth-order valence-electron chi connectivity index (χ4n) is 7.69. The normalized spacial score (nSPS) is 29.3. The van der Waals surface area contributed by atoms with Crippen molar-refractivity contribution < 1.29 is 29.0 Å². The summed E-state index contributed by atoms with van der Waals surface area (Å²) in [6.45, 7) is 17.9. The molecule has 2 amide bonds. The number of amides is 2. The summed E-state index contributed by atoms with van der Waals surface area (Å²) in [6, 6.07) is 7.82. The van der Waals surface area contributed by atoms with Gasteiger partial charge in [-0.1, -0.05) is 85.8 Å². The van der Waals surface area contributed by atoms with Crippen molar-refractivity contribution in [1.29, 1.82) is 0 Å². The molecule has 230 valence electrons. The van der Waals surface area contributed by atoms with Crippen LogP contribution in [0.5, 0.6) is 0 Å². The van der Waals surface area contributed by atoms with Gasteiger partial charge < -0.3 is 24.4 Å². The van der Waals surface area contributed by atoms with Crippen LogP contribution in [0.1, 0.15) is 53.0 Å². The van der Waals surface area contributed by atoms with Gasteiger partial charge in [0.15, 0.2) is 0 Å². The SMILES string of the molecule is C=CCOC(=O)[C@H]1[C@@H]2OC3(CC2Br)C(C(=O)N(CC=C)C(C)(C)CC(C)(C)C)N([C@@H](CO)Cc2ccccc2)C(=O)[C@H]13. The van der Waals surface area contributed by atoms with Crippen molar-refractivity contribution in [3.05, 3.63) is 61.2 Å². The van der Waals surface area contributed by atoms with Crippen molar-refractivity contribution in [2.75, 3.05) is 19.8 Å². The number of benzene rings is 1. The Morgan fingerprint density at radius 1 is 1.21 bits per heavy atom. The summed E-state index contributed by atoms with van der Waals surface area (Å²) in [5, 5.41) is 10.7. The number of carbonyl (C=O) groups is 3. The predicted octanol–water partition coefficient (Wildman–Crippen LogP) is 4.30. The molecule has 0 saturated carbocycles. The molecule has 7 atom stereocenters. The molecule has 42 heavy (non-hydrogen) atoms. The molecule has 0 radical (unpaired) electrons. The van der Waals surface area contributed by atoms with Crippen LogP contribution in [0.15, 0.2) is 55.6 Å². The van der Waals surface area contributed by atoms with E-state index in [1.165, 1.54) is 11.0 Å². The van der Waals surface area contributed by atoms with Crippen molar-refractivity contribution >= 4 is 33.7 Å². The number of hydrogen-bond donors (Lipinski definition) is 1. The summed E-state index contributed by atoms with van der Waals surface area (Å²) >= 11 is 3.70. The van der Waals surface area contributed by atoms with Gasteiger partial charge in [-0.15, -0.1) is 6.58 Å². The van der Waals surface area contributed by atoms with Gasteiger partial charge in [0.2, 0.25) is 11.8 Å². The molecule has 4 rings (SSSR count). The van der Waals surface area contributed by atoms with Crippen molar-refractivity contribution in [2.45, 2.75) is 88.0 Å². The second-order valence-electron chi connectivity index (χ2n) is 13.6. The van der Waals surface area contributed by atoms with Crippen molar-refractivity contribution in [3.8, 4) is 0 Å². The van der Waals surface area contributed by atoms with E-state index in [4.69, 9.17) is 9.47 Å². The lowest BCUT2D eigenvalue weighted by Gasteiger charge is -2.46. The maximum Gasteiger partial charge on any atom is 0.312 e. The van der Waals surface area contributed by atoms with Crippen molar-refractivity contribution in [1.82, 2.24) is 9.80 Å². The number of rotatable bonds is 12. The largest absolute Gasteiger partial charge is 0.461 e. The van der Waals surface area contributed by atoms with E-state index in [1.54, 1.807) is 11.0 Å². The minimum Gasteiger partial charge on any atom is -0.461 e. The number of esters is 1. The number of nitrogens with zero attached hydrogens (tertiary/aromatic N) is 2. The number of carbonyl (C=O) groups excluding carboxylic acids is 3. The molecular weight excluding hydrogens is 600 g/mol. The van der Waals surface area contributed by atoms with Gasteiger partial charge in [0.05, 0.1) is 30.6 Å². The van der Waals surface area contributed by atoms with Crippen LogP contribution in [0.3, 0.4) is 0 Å². The number of fused-ring (bicyclic) bond motifs is 1. The average molecular weight is 646 g/mol. The Kier molecular flexibility index (Phi) is 9.46. The smallest absolute Gasteiger partial charge is 0.312 e. The summed E-state index contributed by atoms with van der Waals surface area (Å²) < 4.78 is 12.1. The first-order valence-electron chi connectivity index (χ1n) is 14.7. The average Bonchev–Trinajstić information content (AvgIpc) is 3.51. The van der Waals surface area contributed by atoms with Crippen LogP contribution in [0, 0.1) is 17.3 Å². The number of hydrogen-bond acceptors (Lipinski definition) is 6. The summed E-state index contributed by atoms with van der Waals surface area (Å²) in [7, 11) is 0. The Bertz CT molecular complexity index is 1200. The van der Waals surface area contributed by atoms with E-state index in [0.717, 1.165) is 5.56 Å². The van der Waals surface area contributed by atoms with Crippen molar-refractivity contribution in [2.24, 2.45) is 17.3 Å². The fourth-order valence-corrected chi connectivity index (χ4v) is 8.63. The molecule has 3 fully saturated rings. The Balaban J connectivity index is 1.84. The minimum absolute atomic E-state index is 0.0103. The minimum atomic E-state index is -1.26. The molecule has 1 aromatic carbocycles. The zero-order valence-electron chi connectivity index (χ0n) is 25.4. The van der Waals surface area contributed by atoms with E-state index in [1.807, 2.05) is 44.2 Å². The summed E-state index contributed by atoms with van der Waals surface area (Å²) in [6.07, 6.45) is 3.97. The number of likely N-dealkylation sites (tertiary alicyclic amines) is 1. The summed E-state index contributed by atoms with van der Waals surface area (Å²) in [5.74, 6) is -2.98. The van der Waals surface area contributed by atoms with E-state index in [2.05, 4.69) is 49.9 Å². The Morgan fingerprint density at radius 3 is 2.45 bits per heavy atom. The summed E-state index contributed by atoms with van der Waals surface area (Å²) in [4.78, 5) is 45.9. The molecule has 2 bridgehead atoms. The highest BCUT2D eigenvalue weighted by atomic mass is 79.9. The zero-order chi connectivity index (χ0) is 31.0. The highest BCUT2D eigenvalue weighted by molar-refractivity contribution is 9.09. The van der Waals surface area contributed by atoms with Gasteiger partial charge in [0.25, 0.3) is 0 Å². The van der Waals surface area contributed by atoms with E-state index < -0.39 is 47.1 Å². The molecule has 9 heteroatoms. The molecule has 3 aliphatic heterocycles. The Labute approximate surface area is 258 Å². The maximum atomic E-state index is 15.0. The third kappa shape index (κ3) is 5.84. The lowest BCUT2D eigenvalue weighted by molar-refractivity contribution is -0.157. The van der Waals surface area contributed by atoms with Crippen LogP contribution in [-0.4, -0.2) is 86.6 Å². The first kappa shape index (κ1) is 32.4. The zero-order valence-corrected chi connectivity index (χ0v) is 27.0. The molecule has 8 nitrogen and oxygen atoms in total. The van der Waals surface area contributed by atoms with Crippen LogP contribution >= 0.6 is 15.9 Å². The van der Waals surface area contributed by atoms with Crippen LogP contribution in [-0.2, 0) is 30.3 Å². The number of aliphatic hydroxyl groups excluding tert-OH is 1. The van der Waals surface area contributed by atoms with Gasteiger partial charge >= 0.3 is 5.97 Å². The van der Waals surface area contributed by atoms with Crippen LogP contribution in [0.2, 0.25) is 0 Å². The highest BCUT2D eigenvalue weighted by Crippen LogP contribution is 2.61. The molecule has 1 N–H and O–H groups in total. The van der Waals surface area contributed by atoms with Crippen LogP contribution in [0.25, 0.3) is 0 Å².